The predicted octanol–water partition coefficient (Wildman–Crippen LogP) is 4.77. The Morgan fingerprint density at radius 1 is 0.564 bits per heavy atom. The zero-order chi connectivity index (χ0) is 27.8. The van der Waals surface area contributed by atoms with Crippen LogP contribution >= 0.6 is 0 Å². The normalized spacial score (nSPS) is 10.2. The van der Waals surface area contributed by atoms with Crippen molar-refractivity contribution in [1.29, 1.82) is 0 Å². The first-order valence-electron chi connectivity index (χ1n) is 11.5. The van der Waals surface area contributed by atoms with Crippen LogP contribution in [-0.4, -0.2) is 44.2 Å². The van der Waals surface area contributed by atoms with E-state index >= 15 is 0 Å². The quantitative estimate of drug-likeness (QED) is 0.222. The molecule has 1 aromatic heterocycles. The standard InChI is InChI=1S/C29H23NO9/c1-34-24-16-19(17-25(35-2)26(24)36-3)28(32)38-20-9-7-18(8-10-20)27(31)37-21-11-13-22(14-12-21)39-29(33)23-6-4-5-15-30-23/h4-17H,1-3H3. The Labute approximate surface area is 223 Å². The molecule has 0 aliphatic heterocycles. The first kappa shape index (κ1) is 26.7. The molecule has 0 aliphatic rings. The van der Waals surface area contributed by atoms with E-state index < -0.39 is 17.9 Å². The maximum Gasteiger partial charge on any atom is 0.362 e. The molecule has 4 aromatic rings. The fraction of sp³-hybridized carbons (Fsp3) is 0.103. The summed E-state index contributed by atoms with van der Waals surface area (Å²) < 4.78 is 31.8. The fourth-order valence-electron chi connectivity index (χ4n) is 3.41. The van der Waals surface area contributed by atoms with Gasteiger partial charge in [-0.3, -0.25) is 0 Å². The minimum Gasteiger partial charge on any atom is -0.493 e. The minimum absolute atomic E-state index is 0.172. The molecule has 0 bridgehead atoms. The number of carbonyl (C=O) groups is 3. The van der Waals surface area contributed by atoms with Gasteiger partial charge in [0, 0.05) is 6.20 Å². The van der Waals surface area contributed by atoms with Gasteiger partial charge in [0.05, 0.1) is 32.5 Å². The second kappa shape index (κ2) is 12.2. The van der Waals surface area contributed by atoms with Crippen molar-refractivity contribution in [3.05, 3.63) is 102 Å². The smallest absolute Gasteiger partial charge is 0.362 e. The highest BCUT2D eigenvalue weighted by Gasteiger charge is 2.19. The number of rotatable bonds is 9. The van der Waals surface area contributed by atoms with E-state index in [2.05, 4.69) is 4.98 Å². The second-order valence-electron chi connectivity index (χ2n) is 7.79. The van der Waals surface area contributed by atoms with Gasteiger partial charge in [0.25, 0.3) is 0 Å². The van der Waals surface area contributed by atoms with Gasteiger partial charge in [-0.25, -0.2) is 19.4 Å². The summed E-state index contributed by atoms with van der Waals surface area (Å²) in [5.41, 5.74) is 0.584. The van der Waals surface area contributed by atoms with Crippen molar-refractivity contribution >= 4 is 17.9 Å². The largest absolute Gasteiger partial charge is 0.493 e. The van der Waals surface area contributed by atoms with E-state index in [1.54, 1.807) is 12.1 Å². The van der Waals surface area contributed by atoms with Gasteiger partial charge in [-0.2, -0.15) is 0 Å². The van der Waals surface area contributed by atoms with Gasteiger partial charge >= 0.3 is 17.9 Å². The van der Waals surface area contributed by atoms with Crippen molar-refractivity contribution in [3.63, 3.8) is 0 Å². The molecule has 0 radical (unpaired) electrons. The van der Waals surface area contributed by atoms with Crippen LogP contribution in [0.25, 0.3) is 0 Å². The molecule has 4 rings (SSSR count). The summed E-state index contributed by atoms with van der Waals surface area (Å²) in [5, 5.41) is 0. The first-order chi connectivity index (χ1) is 18.9. The molecule has 10 nitrogen and oxygen atoms in total. The van der Waals surface area contributed by atoms with Crippen LogP contribution in [0, 0.1) is 0 Å². The molecule has 0 unspecified atom stereocenters. The molecular formula is C29H23NO9. The highest BCUT2D eigenvalue weighted by atomic mass is 16.5. The number of esters is 3. The van der Waals surface area contributed by atoms with Crippen molar-refractivity contribution < 1.29 is 42.8 Å². The highest BCUT2D eigenvalue weighted by molar-refractivity contribution is 5.94. The molecule has 0 spiro atoms. The Bertz CT molecular complexity index is 1440. The van der Waals surface area contributed by atoms with E-state index in [9.17, 15) is 14.4 Å². The molecule has 198 valence electrons. The third-order valence-electron chi connectivity index (χ3n) is 5.32. The lowest BCUT2D eigenvalue weighted by atomic mass is 10.1. The molecule has 0 fully saturated rings. The summed E-state index contributed by atoms with van der Waals surface area (Å²) in [5.74, 6) is -0.207. The molecule has 0 N–H and O–H groups in total. The Kier molecular flexibility index (Phi) is 8.37. The summed E-state index contributed by atoms with van der Waals surface area (Å²) in [6, 6.07) is 19.7. The van der Waals surface area contributed by atoms with Crippen LogP contribution < -0.4 is 28.4 Å². The SMILES string of the molecule is COc1cc(C(=O)Oc2ccc(C(=O)Oc3ccc(OC(=O)c4ccccn4)cc3)cc2)cc(OC)c1OC. The van der Waals surface area contributed by atoms with Crippen LogP contribution in [0.1, 0.15) is 31.2 Å². The molecule has 10 heteroatoms. The molecular weight excluding hydrogens is 506 g/mol. The summed E-state index contributed by atoms with van der Waals surface area (Å²) in [7, 11) is 4.34. The summed E-state index contributed by atoms with van der Waals surface area (Å²) in [6.45, 7) is 0. The average Bonchev–Trinajstić information content (AvgIpc) is 2.98. The van der Waals surface area contributed by atoms with E-state index in [-0.39, 0.29) is 34.1 Å². The monoisotopic (exact) mass is 529 g/mol. The maximum absolute atomic E-state index is 12.7. The lowest BCUT2D eigenvalue weighted by Crippen LogP contribution is -2.11. The lowest BCUT2D eigenvalue weighted by Gasteiger charge is -2.13. The number of ether oxygens (including phenoxy) is 6. The van der Waals surface area contributed by atoms with E-state index in [0.717, 1.165) is 0 Å². The zero-order valence-corrected chi connectivity index (χ0v) is 21.2. The number of aromatic nitrogens is 1. The molecule has 0 aliphatic carbocycles. The summed E-state index contributed by atoms with van der Waals surface area (Å²) in [6.07, 6.45) is 1.49. The molecule has 1 heterocycles. The average molecular weight is 530 g/mol. The van der Waals surface area contributed by atoms with Crippen molar-refractivity contribution in [1.82, 2.24) is 4.98 Å². The van der Waals surface area contributed by atoms with Gasteiger partial charge in [0.15, 0.2) is 11.5 Å². The van der Waals surface area contributed by atoms with Crippen LogP contribution in [0.3, 0.4) is 0 Å². The number of carbonyl (C=O) groups excluding carboxylic acids is 3. The molecule has 0 amide bonds. The van der Waals surface area contributed by atoms with E-state index in [1.807, 2.05) is 0 Å². The first-order valence-corrected chi connectivity index (χ1v) is 11.5. The number of hydrogen-bond donors (Lipinski definition) is 0. The highest BCUT2D eigenvalue weighted by Crippen LogP contribution is 2.38. The van der Waals surface area contributed by atoms with Crippen LogP contribution in [0.5, 0.6) is 34.5 Å². The van der Waals surface area contributed by atoms with Crippen LogP contribution in [0.2, 0.25) is 0 Å². The van der Waals surface area contributed by atoms with Gasteiger partial charge in [-0.05, 0) is 72.8 Å². The Balaban J connectivity index is 1.36. The number of nitrogens with zero attached hydrogens (tertiary/aromatic N) is 1. The molecule has 0 saturated carbocycles. The van der Waals surface area contributed by atoms with Crippen molar-refractivity contribution in [2.75, 3.05) is 21.3 Å². The third-order valence-corrected chi connectivity index (χ3v) is 5.32. The Morgan fingerprint density at radius 3 is 1.51 bits per heavy atom. The Morgan fingerprint density at radius 2 is 1.05 bits per heavy atom. The lowest BCUT2D eigenvalue weighted by molar-refractivity contribution is 0.0715. The molecule has 39 heavy (non-hydrogen) atoms. The van der Waals surface area contributed by atoms with Gasteiger partial charge < -0.3 is 28.4 Å². The summed E-state index contributed by atoms with van der Waals surface area (Å²) >= 11 is 0. The Hall–Kier alpha value is -5.38. The molecule has 0 saturated heterocycles. The number of benzene rings is 3. The minimum atomic E-state index is -0.659. The number of hydrogen-bond acceptors (Lipinski definition) is 10. The molecule has 0 atom stereocenters. The summed E-state index contributed by atoms with van der Waals surface area (Å²) in [4.78, 5) is 41.3. The van der Waals surface area contributed by atoms with Crippen LogP contribution in [-0.2, 0) is 0 Å². The third kappa shape index (κ3) is 6.50. The van der Waals surface area contributed by atoms with Gasteiger partial charge in [-0.15, -0.1) is 0 Å². The molecule has 3 aromatic carbocycles. The predicted molar refractivity (Wildman–Crippen MR) is 138 cm³/mol. The van der Waals surface area contributed by atoms with Crippen LogP contribution in [0.4, 0.5) is 0 Å². The maximum atomic E-state index is 12.7. The van der Waals surface area contributed by atoms with E-state index in [4.69, 9.17) is 28.4 Å². The second-order valence-corrected chi connectivity index (χ2v) is 7.79. The van der Waals surface area contributed by atoms with Gasteiger partial charge in [-0.1, -0.05) is 6.07 Å². The van der Waals surface area contributed by atoms with Crippen molar-refractivity contribution in [2.24, 2.45) is 0 Å². The van der Waals surface area contributed by atoms with E-state index in [0.29, 0.717) is 17.2 Å². The van der Waals surface area contributed by atoms with Gasteiger partial charge in [0.2, 0.25) is 5.75 Å². The van der Waals surface area contributed by atoms with Crippen molar-refractivity contribution in [2.45, 2.75) is 0 Å². The fourth-order valence-corrected chi connectivity index (χ4v) is 3.41. The van der Waals surface area contributed by atoms with Crippen molar-refractivity contribution in [3.8, 4) is 34.5 Å². The van der Waals surface area contributed by atoms with E-state index in [1.165, 1.54) is 94.3 Å². The topological polar surface area (TPSA) is 119 Å². The zero-order valence-electron chi connectivity index (χ0n) is 21.2. The van der Waals surface area contributed by atoms with Gasteiger partial charge in [0.1, 0.15) is 22.9 Å². The number of pyridine rings is 1. The van der Waals surface area contributed by atoms with Crippen LogP contribution in [0.15, 0.2) is 85.1 Å². The number of methoxy groups -OCH3 is 3.